The summed E-state index contributed by atoms with van der Waals surface area (Å²) in [6.07, 6.45) is 18.5. The van der Waals surface area contributed by atoms with Gasteiger partial charge in [0.15, 0.2) is 34.6 Å². The van der Waals surface area contributed by atoms with Gasteiger partial charge in [-0.15, -0.1) is 0 Å². The van der Waals surface area contributed by atoms with Crippen LogP contribution >= 0.6 is 0 Å². The number of ether oxygens (including phenoxy) is 2. The van der Waals surface area contributed by atoms with Crippen molar-refractivity contribution < 1.29 is 52.7 Å². The molecule has 464 valence electrons. The molecule has 17 rings (SSSR count). The minimum absolute atomic E-state index is 0.000614. The maximum absolute atomic E-state index is 13.9. The van der Waals surface area contributed by atoms with Gasteiger partial charge in [-0.25, -0.2) is 0 Å². The van der Waals surface area contributed by atoms with E-state index in [0.717, 1.165) is 43.2 Å². The second-order valence-corrected chi connectivity index (χ2v) is 28.2. The Labute approximate surface area is 518 Å². The lowest BCUT2D eigenvalue weighted by Gasteiger charge is -2.44. The first-order valence-corrected chi connectivity index (χ1v) is 32.2. The topological polar surface area (TPSA) is 218 Å². The van der Waals surface area contributed by atoms with Gasteiger partial charge in [-0.2, -0.15) is 0 Å². The van der Waals surface area contributed by atoms with Gasteiger partial charge in [-0.1, -0.05) is 123 Å². The van der Waals surface area contributed by atoms with Crippen LogP contribution in [0.4, 0.5) is 0 Å². The molecule has 0 saturated heterocycles. The SMILES string of the molecule is CC1[C@H]2C=C[C@@H]1[C@@H]1C[C@@H]3C(=C(O)c4c(OCc5ccccc5)noc4[C@@H]3N(C)C)C(=O)[C@@H]12.CCC1[C@H]2C=C[C@@H]1[C@@H]1C[C@@H]3C(=C(O)c4c(OCc5ccccc5)noc4[C@@H]3N(C)C)C(=O)[C@@H]12.Cc1noc2c1C(O)=C1C(=O)[C@H]3[C@@H](C[C@H]1[C@H]2N(C)C)[C@H]1C=C[C@@H]3C1. The number of Topliss-reactive ketones (excluding diaryl/α,β-unsaturated/α-hetero) is 3. The molecular weight excluding hydrogens is 1120 g/mol. The van der Waals surface area contributed by atoms with E-state index in [-0.39, 0.29) is 112 Å². The number of aliphatic hydroxyl groups is 3. The summed E-state index contributed by atoms with van der Waals surface area (Å²) in [4.78, 5) is 47.3. The molecule has 5 aromatic rings. The fraction of sp³-hybridized carbons (Fsp3) is 0.500. The van der Waals surface area contributed by atoms with Gasteiger partial charge >= 0.3 is 0 Å². The highest BCUT2D eigenvalue weighted by Gasteiger charge is 2.63. The molecule has 6 fully saturated rings. The predicted molar refractivity (Wildman–Crippen MR) is 330 cm³/mol. The Kier molecular flexibility index (Phi) is 14.2. The summed E-state index contributed by atoms with van der Waals surface area (Å²) in [6.45, 7) is 6.92. The number of fused-ring (bicyclic) bond motifs is 21. The molecule has 12 aliphatic rings. The molecule has 2 unspecified atom stereocenters. The fourth-order valence-electron chi connectivity index (χ4n) is 19.8. The standard InChI is InChI=1S/C27H30N2O4.C26H28N2O4.C19H22N2O3/c1-4-15-16-10-11-17(15)20-18(16)12-19-21(24(20)30)25(31)22-26(23(19)29(2)3)33-28-27(22)32-13-14-8-6-5-7-9-14;1-13-15-9-10-16(13)19-17(15)11-18-20(23(19)29)24(30)21-25(22(18)28(2)3)32-27-26(21)31-12-14-7-5-4-6-8-14;1-8-13-17(22)15-12(16(21(2)3)19(13)24-20-8)7-11-9-4-5-10(6-9)14(11)18(15)23/h5-11,15-20,23,31H,4,12-13H2,1-3H3;4-10,13,15-19,22,30H,11-12H2,1-3H3;4-5,9-12,14,16,22H,6-7H2,1-3H3/t15?,16-,17+,18-,19+,20+,23+;13?,15-,16+,17-,18+,19+,22+;9-,10+,11-,12+,14+,16+/m000/s1. The van der Waals surface area contributed by atoms with Crippen LogP contribution in [0.3, 0.4) is 0 Å². The van der Waals surface area contributed by atoms with Crippen LogP contribution in [0.15, 0.2) is 127 Å². The third-order valence-electron chi connectivity index (χ3n) is 23.3. The number of rotatable bonds is 10. The van der Waals surface area contributed by atoms with Crippen molar-refractivity contribution in [1.29, 1.82) is 0 Å². The highest BCUT2D eigenvalue weighted by Crippen LogP contribution is 2.65. The summed E-state index contributed by atoms with van der Waals surface area (Å²) in [7, 11) is 12.0. The summed E-state index contributed by atoms with van der Waals surface area (Å²) in [6, 6.07) is 19.2. The summed E-state index contributed by atoms with van der Waals surface area (Å²) >= 11 is 0. The summed E-state index contributed by atoms with van der Waals surface area (Å²) in [5.41, 5.74) is 5.86. The van der Waals surface area contributed by atoms with Gasteiger partial charge in [-0.3, -0.25) is 29.1 Å². The van der Waals surface area contributed by atoms with Crippen LogP contribution in [0, 0.1) is 108 Å². The minimum Gasteiger partial charge on any atom is -0.507 e. The molecule has 0 spiro atoms. The Bertz CT molecular complexity index is 3860. The van der Waals surface area contributed by atoms with Gasteiger partial charge in [0.2, 0.25) is 0 Å². The Morgan fingerprint density at radius 3 is 1.43 bits per heavy atom. The number of nitrogens with zero attached hydrogens (tertiary/aromatic N) is 6. The van der Waals surface area contributed by atoms with E-state index in [2.05, 4.69) is 80.5 Å². The maximum Gasteiger partial charge on any atom is 0.265 e. The number of hydrogen-bond donors (Lipinski definition) is 3. The summed E-state index contributed by atoms with van der Waals surface area (Å²) in [5, 5.41) is 46.1. The van der Waals surface area contributed by atoms with E-state index in [1.165, 1.54) is 0 Å². The molecule has 0 radical (unpaired) electrons. The monoisotopic (exact) mass is 1200 g/mol. The third kappa shape index (κ3) is 8.70. The van der Waals surface area contributed by atoms with Crippen molar-refractivity contribution >= 4 is 34.6 Å². The van der Waals surface area contributed by atoms with E-state index in [0.29, 0.717) is 123 Å². The predicted octanol–water partition coefficient (Wildman–Crippen LogP) is 12.1. The number of aliphatic hydroxyl groups excluding tert-OH is 3. The van der Waals surface area contributed by atoms with Gasteiger partial charge in [-0.05, 0) is 161 Å². The minimum atomic E-state index is -0.166. The zero-order chi connectivity index (χ0) is 61.7. The molecule has 6 bridgehead atoms. The molecule has 0 aliphatic heterocycles. The lowest BCUT2D eigenvalue weighted by Crippen LogP contribution is -2.44. The van der Waals surface area contributed by atoms with Crippen molar-refractivity contribution in [3.8, 4) is 11.8 Å². The molecule has 2 aromatic carbocycles. The Balaban J connectivity index is 0.000000113. The Morgan fingerprint density at radius 2 is 0.910 bits per heavy atom. The molecule has 3 heterocycles. The lowest BCUT2D eigenvalue weighted by molar-refractivity contribution is -0.125. The van der Waals surface area contributed by atoms with Crippen molar-refractivity contribution in [1.82, 2.24) is 30.2 Å². The third-order valence-corrected chi connectivity index (χ3v) is 23.3. The molecule has 20 atom stereocenters. The number of carbonyl (C=O) groups excluding carboxylic acids is 3. The second-order valence-electron chi connectivity index (χ2n) is 28.2. The van der Waals surface area contributed by atoms with Crippen LogP contribution in [0.5, 0.6) is 11.8 Å². The molecule has 6 saturated carbocycles. The fourth-order valence-corrected chi connectivity index (χ4v) is 19.8. The van der Waals surface area contributed by atoms with E-state index >= 15 is 0 Å². The zero-order valence-corrected chi connectivity index (χ0v) is 52.0. The molecule has 17 heteroatoms. The Hall–Kier alpha value is -7.60. The summed E-state index contributed by atoms with van der Waals surface area (Å²) < 4.78 is 29.1. The van der Waals surface area contributed by atoms with Gasteiger partial charge < -0.3 is 38.4 Å². The van der Waals surface area contributed by atoms with Crippen LogP contribution in [-0.2, 0) is 27.6 Å². The number of hydrogen-bond acceptors (Lipinski definition) is 17. The second kappa shape index (κ2) is 21.8. The largest absolute Gasteiger partial charge is 0.507 e. The average molecular weight is 1210 g/mol. The molecule has 89 heavy (non-hydrogen) atoms. The highest BCUT2D eigenvalue weighted by atomic mass is 16.5. The van der Waals surface area contributed by atoms with Crippen LogP contribution in [0.2, 0.25) is 0 Å². The molecule has 0 amide bonds. The van der Waals surface area contributed by atoms with Crippen LogP contribution in [0.1, 0.15) is 115 Å². The van der Waals surface area contributed by atoms with Gasteiger partial charge in [0.1, 0.15) is 41.6 Å². The number of aryl methyl sites for hydroxylation is 1. The quantitative estimate of drug-likeness (QED) is 0.111. The molecule has 17 nitrogen and oxygen atoms in total. The van der Waals surface area contributed by atoms with Crippen molar-refractivity contribution in [3.63, 3.8) is 0 Å². The Morgan fingerprint density at radius 1 is 0.494 bits per heavy atom. The van der Waals surface area contributed by atoms with Crippen LogP contribution in [0.25, 0.3) is 17.3 Å². The van der Waals surface area contributed by atoms with Crippen molar-refractivity contribution in [2.75, 3.05) is 42.3 Å². The van der Waals surface area contributed by atoms with E-state index in [1.54, 1.807) is 0 Å². The zero-order valence-electron chi connectivity index (χ0n) is 52.0. The maximum atomic E-state index is 13.9. The lowest BCUT2D eigenvalue weighted by atomic mass is 9.62. The summed E-state index contributed by atoms with van der Waals surface area (Å²) in [5.74, 6) is 7.02. The number of aromatic nitrogens is 3. The first kappa shape index (κ1) is 57.8. The van der Waals surface area contributed by atoms with E-state index < -0.39 is 0 Å². The number of allylic oxidation sites excluding steroid dienone is 6. The molecule has 12 aliphatic carbocycles. The smallest absolute Gasteiger partial charge is 0.265 e. The van der Waals surface area contributed by atoms with Gasteiger partial charge in [0, 0.05) is 52.2 Å². The van der Waals surface area contributed by atoms with E-state index in [4.69, 9.17) is 23.0 Å². The first-order valence-electron chi connectivity index (χ1n) is 32.2. The van der Waals surface area contributed by atoms with E-state index in [9.17, 15) is 29.7 Å². The van der Waals surface area contributed by atoms with Crippen LogP contribution in [-0.4, -0.2) is 105 Å². The van der Waals surface area contributed by atoms with Crippen molar-refractivity contribution in [3.05, 3.63) is 165 Å². The van der Waals surface area contributed by atoms with Crippen molar-refractivity contribution in [2.24, 2.45) is 101 Å². The number of carbonyl (C=O) groups is 3. The van der Waals surface area contributed by atoms with Crippen LogP contribution < -0.4 is 9.47 Å². The average Bonchev–Trinajstić information content (AvgIpc) is 1.67. The molecular formula is C72H80N6O11. The molecule has 3 aromatic heterocycles. The number of benzene rings is 2. The molecule has 3 N–H and O–H groups in total. The normalized spacial score (nSPS) is 35.7. The van der Waals surface area contributed by atoms with Gasteiger partial charge in [0.05, 0.1) is 29.4 Å². The van der Waals surface area contributed by atoms with Crippen molar-refractivity contribution in [2.45, 2.75) is 84.2 Å². The van der Waals surface area contributed by atoms with E-state index in [1.807, 2.05) is 110 Å². The first-order chi connectivity index (χ1) is 43.0. The number of ketones is 3. The van der Waals surface area contributed by atoms with Gasteiger partial charge in [0.25, 0.3) is 11.8 Å². The highest BCUT2D eigenvalue weighted by molar-refractivity contribution is 6.08.